The number of urea groups is 1. The minimum atomic E-state index is -4.64. The highest BCUT2D eigenvalue weighted by atomic mass is 35.5. The van der Waals surface area contributed by atoms with Gasteiger partial charge in [0.15, 0.2) is 0 Å². The summed E-state index contributed by atoms with van der Waals surface area (Å²) in [5.74, 6) is 0.595. The Labute approximate surface area is 147 Å². The molecule has 2 N–H and O–H groups in total. The van der Waals surface area contributed by atoms with Crippen molar-refractivity contribution in [3.8, 4) is 5.75 Å². The lowest BCUT2D eigenvalue weighted by Crippen LogP contribution is -2.25. The Morgan fingerprint density at radius 2 is 1.92 bits per heavy atom. The number of hydrogen-bond donors (Lipinski definition) is 2. The zero-order valence-corrected chi connectivity index (χ0v) is 13.8. The van der Waals surface area contributed by atoms with Gasteiger partial charge in [-0.25, -0.2) is 4.79 Å². The number of methoxy groups -OCH3 is 1. The molecule has 0 aliphatic heterocycles. The number of nitrogens with one attached hydrogen (secondary N) is 2. The molecule has 2 amide bonds. The van der Waals surface area contributed by atoms with Gasteiger partial charge in [0.2, 0.25) is 0 Å². The second-order valence-corrected chi connectivity index (χ2v) is 5.30. The Balaban J connectivity index is 2.07. The zero-order chi connectivity index (χ0) is 18.4. The van der Waals surface area contributed by atoms with E-state index in [-0.39, 0.29) is 10.7 Å². The number of rotatable bonds is 4. The first-order valence-corrected chi connectivity index (χ1v) is 7.43. The van der Waals surface area contributed by atoms with Crippen molar-refractivity contribution in [1.82, 2.24) is 5.32 Å². The first-order chi connectivity index (χ1) is 11.8. The van der Waals surface area contributed by atoms with Crippen molar-refractivity contribution in [2.45, 2.75) is 6.18 Å². The molecule has 0 saturated carbocycles. The second-order valence-electron chi connectivity index (χ2n) is 4.86. The summed E-state index contributed by atoms with van der Waals surface area (Å²) in [6.45, 7) is 0. The third kappa shape index (κ3) is 5.15. The van der Waals surface area contributed by atoms with Gasteiger partial charge in [0, 0.05) is 16.8 Å². The fraction of sp³-hybridized carbons (Fsp3) is 0.118. The topological polar surface area (TPSA) is 50.4 Å². The summed E-state index contributed by atoms with van der Waals surface area (Å²) < 4.78 is 44.1. The van der Waals surface area contributed by atoms with Crippen molar-refractivity contribution >= 4 is 29.4 Å². The molecular formula is C17H14ClF3N2O2. The second kappa shape index (κ2) is 7.94. The van der Waals surface area contributed by atoms with Crippen LogP contribution in [0, 0.1) is 0 Å². The highest BCUT2D eigenvalue weighted by molar-refractivity contribution is 6.30. The summed E-state index contributed by atoms with van der Waals surface area (Å²) in [5, 5.41) is 4.41. The van der Waals surface area contributed by atoms with Crippen LogP contribution in [0.25, 0.3) is 6.08 Å². The number of anilines is 1. The summed E-state index contributed by atoms with van der Waals surface area (Å²) in [4.78, 5) is 11.8. The lowest BCUT2D eigenvalue weighted by molar-refractivity contribution is -0.136. The Bertz CT molecular complexity index is 792. The molecule has 0 aliphatic rings. The van der Waals surface area contributed by atoms with E-state index in [9.17, 15) is 18.0 Å². The molecule has 0 aliphatic carbocycles. The summed E-state index contributed by atoms with van der Waals surface area (Å²) >= 11 is 5.59. The number of carbonyl (C=O) groups excluding carboxylic acids is 1. The number of para-hydroxylation sites is 1. The third-order valence-corrected chi connectivity index (χ3v) is 3.39. The minimum Gasteiger partial charge on any atom is -0.496 e. The van der Waals surface area contributed by atoms with Crippen molar-refractivity contribution in [2.75, 3.05) is 12.4 Å². The highest BCUT2D eigenvalue weighted by Crippen LogP contribution is 2.36. The van der Waals surface area contributed by atoms with E-state index in [0.29, 0.717) is 11.3 Å². The molecule has 0 aromatic heterocycles. The van der Waals surface area contributed by atoms with Crippen molar-refractivity contribution in [1.29, 1.82) is 0 Å². The molecule has 132 valence electrons. The van der Waals surface area contributed by atoms with Crippen molar-refractivity contribution < 1.29 is 22.7 Å². The normalized spacial score (nSPS) is 11.4. The van der Waals surface area contributed by atoms with Gasteiger partial charge in [0.05, 0.1) is 18.4 Å². The average molecular weight is 371 g/mol. The van der Waals surface area contributed by atoms with Crippen LogP contribution in [0.1, 0.15) is 11.1 Å². The maximum Gasteiger partial charge on any atom is 0.418 e. The maximum absolute atomic E-state index is 13.0. The smallest absolute Gasteiger partial charge is 0.418 e. The van der Waals surface area contributed by atoms with Crippen LogP contribution in [0.4, 0.5) is 23.7 Å². The number of amides is 2. The largest absolute Gasteiger partial charge is 0.496 e. The summed E-state index contributed by atoms with van der Waals surface area (Å²) in [7, 11) is 1.51. The van der Waals surface area contributed by atoms with Crippen LogP contribution in [0.15, 0.2) is 48.7 Å². The van der Waals surface area contributed by atoms with Gasteiger partial charge in [-0.1, -0.05) is 29.8 Å². The Hall–Kier alpha value is -2.67. The average Bonchev–Trinajstić information content (AvgIpc) is 2.56. The molecule has 0 atom stereocenters. The molecule has 0 saturated heterocycles. The molecule has 0 unspecified atom stereocenters. The van der Waals surface area contributed by atoms with E-state index in [0.717, 1.165) is 12.1 Å². The Morgan fingerprint density at radius 1 is 1.20 bits per heavy atom. The first-order valence-electron chi connectivity index (χ1n) is 7.05. The third-order valence-electron chi connectivity index (χ3n) is 3.15. The molecule has 0 spiro atoms. The number of benzene rings is 2. The number of carbonyl (C=O) groups is 1. The van der Waals surface area contributed by atoms with Crippen molar-refractivity contribution in [2.24, 2.45) is 0 Å². The molecule has 8 heteroatoms. The SMILES string of the molecule is COc1ccccc1/C=C/NC(=O)Nc1ccc(Cl)cc1C(F)(F)F. The number of ether oxygens (including phenoxy) is 1. The lowest BCUT2D eigenvalue weighted by Gasteiger charge is -2.14. The molecule has 0 radical (unpaired) electrons. The van der Waals surface area contributed by atoms with E-state index in [1.165, 1.54) is 19.4 Å². The molecule has 0 heterocycles. The van der Waals surface area contributed by atoms with Crippen LogP contribution in [-0.4, -0.2) is 13.1 Å². The van der Waals surface area contributed by atoms with Crippen LogP contribution >= 0.6 is 11.6 Å². The summed E-state index contributed by atoms with van der Waals surface area (Å²) in [6, 6.07) is 9.35. The molecule has 25 heavy (non-hydrogen) atoms. The first kappa shape index (κ1) is 18.7. The van der Waals surface area contributed by atoms with Gasteiger partial charge in [0.25, 0.3) is 0 Å². The summed E-state index contributed by atoms with van der Waals surface area (Å²) in [5.41, 5.74) is -0.711. The molecule has 4 nitrogen and oxygen atoms in total. The number of hydrogen-bond acceptors (Lipinski definition) is 2. The van der Waals surface area contributed by atoms with Gasteiger partial charge in [-0.2, -0.15) is 13.2 Å². The van der Waals surface area contributed by atoms with E-state index in [1.54, 1.807) is 30.3 Å². The standard InChI is InChI=1S/C17H14ClF3N2O2/c1-25-15-5-3-2-4-11(15)8-9-22-16(24)23-14-7-6-12(18)10-13(14)17(19,20)21/h2-10H,1H3,(H2,22,23,24)/b9-8+. The molecular weight excluding hydrogens is 357 g/mol. The van der Waals surface area contributed by atoms with Gasteiger partial charge in [-0.05, 0) is 30.3 Å². The molecule has 2 aromatic rings. The van der Waals surface area contributed by atoms with Crippen LogP contribution in [0.2, 0.25) is 5.02 Å². The Kier molecular flexibility index (Phi) is 5.93. The van der Waals surface area contributed by atoms with Crippen LogP contribution in [-0.2, 0) is 6.18 Å². The van der Waals surface area contributed by atoms with Crippen LogP contribution in [0.5, 0.6) is 5.75 Å². The summed E-state index contributed by atoms with van der Waals surface area (Å²) in [6.07, 6.45) is -1.78. The fourth-order valence-corrected chi connectivity index (χ4v) is 2.20. The molecule has 2 aromatic carbocycles. The van der Waals surface area contributed by atoms with Gasteiger partial charge < -0.3 is 15.4 Å². The van der Waals surface area contributed by atoms with Crippen LogP contribution < -0.4 is 15.4 Å². The van der Waals surface area contributed by atoms with Crippen LogP contribution in [0.3, 0.4) is 0 Å². The number of halogens is 4. The predicted molar refractivity (Wildman–Crippen MR) is 90.6 cm³/mol. The maximum atomic E-state index is 13.0. The number of alkyl halides is 3. The zero-order valence-electron chi connectivity index (χ0n) is 13.0. The predicted octanol–water partition coefficient (Wildman–Crippen LogP) is 5.16. The fourth-order valence-electron chi connectivity index (χ4n) is 2.03. The van der Waals surface area contributed by atoms with Crippen molar-refractivity contribution in [3.05, 3.63) is 64.8 Å². The van der Waals surface area contributed by atoms with E-state index < -0.39 is 17.8 Å². The monoisotopic (exact) mass is 370 g/mol. The van der Waals surface area contributed by atoms with Gasteiger partial charge in [-0.15, -0.1) is 0 Å². The molecule has 2 rings (SSSR count). The molecule has 0 fully saturated rings. The van der Waals surface area contributed by atoms with Gasteiger partial charge >= 0.3 is 12.2 Å². The Morgan fingerprint density at radius 3 is 2.60 bits per heavy atom. The lowest BCUT2D eigenvalue weighted by atomic mass is 10.1. The van der Waals surface area contributed by atoms with Gasteiger partial charge in [-0.3, -0.25) is 0 Å². The van der Waals surface area contributed by atoms with E-state index in [4.69, 9.17) is 16.3 Å². The minimum absolute atomic E-state index is 0.0747. The van der Waals surface area contributed by atoms with E-state index >= 15 is 0 Å². The highest BCUT2D eigenvalue weighted by Gasteiger charge is 2.34. The van der Waals surface area contributed by atoms with Crippen molar-refractivity contribution in [3.63, 3.8) is 0 Å². The van der Waals surface area contributed by atoms with E-state index in [2.05, 4.69) is 10.6 Å². The quantitative estimate of drug-likeness (QED) is 0.781. The van der Waals surface area contributed by atoms with Gasteiger partial charge in [0.1, 0.15) is 5.75 Å². The van der Waals surface area contributed by atoms with E-state index in [1.807, 2.05) is 0 Å². The molecule has 0 bridgehead atoms.